The fourth-order valence-electron chi connectivity index (χ4n) is 2.06. The summed E-state index contributed by atoms with van der Waals surface area (Å²) in [6.45, 7) is 0.547. The van der Waals surface area contributed by atoms with E-state index in [-0.39, 0.29) is 17.4 Å². The van der Waals surface area contributed by atoms with Gasteiger partial charge in [0.1, 0.15) is 5.88 Å². The molecule has 0 saturated carbocycles. The minimum Gasteiger partial charge on any atom is -0.311 e. The van der Waals surface area contributed by atoms with Crippen LogP contribution in [0.2, 0.25) is 0 Å². The third-order valence-electron chi connectivity index (χ3n) is 2.90. The number of anilines is 1. The Balaban J connectivity index is 2.40. The van der Waals surface area contributed by atoms with E-state index in [1.807, 2.05) is 0 Å². The van der Waals surface area contributed by atoms with E-state index in [0.717, 1.165) is 18.4 Å². The van der Waals surface area contributed by atoms with Crippen LogP contribution in [0.5, 0.6) is 0 Å². The SMILES string of the molecule is O=C(CCl)N1CCCc2ccc(C(F)F)cc21. The number of halogens is 3. The van der Waals surface area contributed by atoms with Crippen molar-refractivity contribution in [1.29, 1.82) is 0 Å². The van der Waals surface area contributed by atoms with E-state index in [2.05, 4.69) is 0 Å². The topological polar surface area (TPSA) is 20.3 Å². The van der Waals surface area contributed by atoms with Gasteiger partial charge in [0, 0.05) is 17.8 Å². The molecule has 0 radical (unpaired) electrons. The summed E-state index contributed by atoms with van der Waals surface area (Å²) in [5.41, 5.74) is 1.46. The van der Waals surface area contributed by atoms with Gasteiger partial charge in [-0.15, -0.1) is 11.6 Å². The van der Waals surface area contributed by atoms with Crippen molar-refractivity contribution in [3.8, 4) is 0 Å². The monoisotopic (exact) mass is 259 g/mol. The maximum atomic E-state index is 12.6. The fraction of sp³-hybridized carbons (Fsp3) is 0.417. The van der Waals surface area contributed by atoms with Gasteiger partial charge in [-0.1, -0.05) is 12.1 Å². The number of fused-ring (bicyclic) bond motifs is 1. The smallest absolute Gasteiger partial charge is 0.263 e. The number of amides is 1. The molecule has 0 saturated heterocycles. The van der Waals surface area contributed by atoms with Gasteiger partial charge in [-0.25, -0.2) is 8.78 Å². The molecular formula is C12H12ClF2NO. The molecule has 0 aromatic heterocycles. The van der Waals surface area contributed by atoms with Crippen LogP contribution in [0, 0.1) is 0 Å². The number of rotatable bonds is 2. The maximum absolute atomic E-state index is 12.6. The quantitative estimate of drug-likeness (QED) is 0.747. The fourth-order valence-corrected chi connectivity index (χ4v) is 2.20. The van der Waals surface area contributed by atoms with Crippen LogP contribution >= 0.6 is 11.6 Å². The van der Waals surface area contributed by atoms with E-state index in [1.54, 1.807) is 6.07 Å². The number of hydrogen-bond donors (Lipinski definition) is 0. The van der Waals surface area contributed by atoms with Gasteiger partial charge >= 0.3 is 0 Å². The predicted octanol–water partition coefficient (Wildman–Crippen LogP) is 3.14. The summed E-state index contributed by atoms with van der Waals surface area (Å²) in [5.74, 6) is -0.364. The first-order valence-electron chi connectivity index (χ1n) is 5.41. The van der Waals surface area contributed by atoms with Gasteiger partial charge in [-0.2, -0.15) is 0 Å². The molecule has 17 heavy (non-hydrogen) atoms. The Morgan fingerprint density at radius 2 is 2.24 bits per heavy atom. The second-order valence-electron chi connectivity index (χ2n) is 3.97. The Morgan fingerprint density at radius 3 is 2.88 bits per heavy atom. The van der Waals surface area contributed by atoms with Crippen molar-refractivity contribution in [2.75, 3.05) is 17.3 Å². The highest BCUT2D eigenvalue weighted by Crippen LogP contribution is 2.31. The van der Waals surface area contributed by atoms with Crippen LogP contribution in [0.4, 0.5) is 14.5 Å². The van der Waals surface area contributed by atoms with Crippen LogP contribution in [0.25, 0.3) is 0 Å². The molecule has 0 aliphatic carbocycles. The molecule has 1 aromatic carbocycles. The molecule has 2 nitrogen and oxygen atoms in total. The molecule has 0 unspecified atom stereocenters. The van der Waals surface area contributed by atoms with Crippen molar-refractivity contribution in [2.45, 2.75) is 19.3 Å². The van der Waals surface area contributed by atoms with Crippen LogP contribution in [-0.4, -0.2) is 18.3 Å². The molecule has 1 aromatic rings. The zero-order valence-corrected chi connectivity index (χ0v) is 9.88. The molecule has 0 bridgehead atoms. The van der Waals surface area contributed by atoms with E-state index in [1.165, 1.54) is 17.0 Å². The summed E-state index contributed by atoms with van der Waals surface area (Å²) in [6, 6.07) is 4.48. The first kappa shape index (κ1) is 12.3. The number of carbonyl (C=O) groups is 1. The van der Waals surface area contributed by atoms with E-state index >= 15 is 0 Å². The average Bonchev–Trinajstić information content (AvgIpc) is 2.36. The molecule has 1 heterocycles. The molecule has 1 aliphatic rings. The summed E-state index contributed by atoms with van der Waals surface area (Å²) in [7, 11) is 0. The van der Waals surface area contributed by atoms with Crippen molar-refractivity contribution in [3.05, 3.63) is 29.3 Å². The highest BCUT2D eigenvalue weighted by molar-refractivity contribution is 6.29. The summed E-state index contributed by atoms with van der Waals surface area (Å²) in [4.78, 5) is 13.1. The molecule has 1 amide bonds. The number of carbonyl (C=O) groups excluding carboxylic acids is 1. The van der Waals surface area contributed by atoms with E-state index in [4.69, 9.17) is 11.6 Å². The highest BCUT2D eigenvalue weighted by Gasteiger charge is 2.23. The summed E-state index contributed by atoms with van der Waals surface area (Å²) < 4.78 is 25.2. The van der Waals surface area contributed by atoms with E-state index in [0.29, 0.717) is 12.2 Å². The lowest BCUT2D eigenvalue weighted by molar-refractivity contribution is -0.116. The maximum Gasteiger partial charge on any atom is 0.263 e. The Labute approximate surface area is 103 Å². The molecule has 92 valence electrons. The Hall–Kier alpha value is -1.16. The highest BCUT2D eigenvalue weighted by atomic mass is 35.5. The van der Waals surface area contributed by atoms with Crippen LogP contribution in [0.1, 0.15) is 24.0 Å². The Morgan fingerprint density at radius 1 is 1.47 bits per heavy atom. The lowest BCUT2D eigenvalue weighted by atomic mass is 9.99. The molecule has 0 spiro atoms. The third-order valence-corrected chi connectivity index (χ3v) is 3.12. The van der Waals surface area contributed by atoms with Crippen LogP contribution in [0.15, 0.2) is 18.2 Å². The molecule has 0 fully saturated rings. The number of aryl methyl sites for hydroxylation is 1. The van der Waals surface area contributed by atoms with Gasteiger partial charge in [0.15, 0.2) is 0 Å². The van der Waals surface area contributed by atoms with Crippen LogP contribution < -0.4 is 4.90 Å². The van der Waals surface area contributed by atoms with Crippen molar-refractivity contribution >= 4 is 23.2 Å². The first-order chi connectivity index (χ1) is 8.13. The van der Waals surface area contributed by atoms with E-state index in [9.17, 15) is 13.6 Å². The lowest BCUT2D eigenvalue weighted by Crippen LogP contribution is -2.36. The van der Waals surface area contributed by atoms with Gasteiger partial charge in [-0.05, 0) is 24.5 Å². The minimum atomic E-state index is -2.52. The normalized spacial score (nSPS) is 14.9. The zero-order valence-electron chi connectivity index (χ0n) is 9.13. The van der Waals surface area contributed by atoms with Crippen molar-refractivity contribution in [2.24, 2.45) is 0 Å². The molecule has 2 rings (SSSR count). The molecule has 0 N–H and O–H groups in total. The van der Waals surface area contributed by atoms with Gasteiger partial charge in [0.05, 0.1) is 0 Å². The van der Waals surface area contributed by atoms with Gasteiger partial charge < -0.3 is 4.90 Å². The predicted molar refractivity (Wildman–Crippen MR) is 62.8 cm³/mol. The first-order valence-corrected chi connectivity index (χ1v) is 5.94. The molecular weight excluding hydrogens is 248 g/mol. The second kappa shape index (κ2) is 5.00. The Kier molecular flexibility index (Phi) is 3.62. The average molecular weight is 260 g/mol. The number of benzene rings is 1. The number of nitrogens with zero attached hydrogens (tertiary/aromatic N) is 1. The van der Waals surface area contributed by atoms with Crippen molar-refractivity contribution in [1.82, 2.24) is 0 Å². The van der Waals surface area contributed by atoms with Crippen LogP contribution in [-0.2, 0) is 11.2 Å². The van der Waals surface area contributed by atoms with Gasteiger partial charge in [-0.3, -0.25) is 4.79 Å². The second-order valence-corrected chi connectivity index (χ2v) is 4.24. The number of alkyl halides is 3. The van der Waals surface area contributed by atoms with Gasteiger partial charge in [0.25, 0.3) is 6.43 Å². The summed E-state index contributed by atoms with van der Waals surface area (Å²) >= 11 is 5.51. The molecule has 1 aliphatic heterocycles. The molecule has 0 atom stereocenters. The van der Waals surface area contributed by atoms with Crippen molar-refractivity contribution in [3.63, 3.8) is 0 Å². The third kappa shape index (κ3) is 2.41. The minimum absolute atomic E-state index is 0.0574. The largest absolute Gasteiger partial charge is 0.311 e. The lowest BCUT2D eigenvalue weighted by Gasteiger charge is -2.29. The zero-order chi connectivity index (χ0) is 12.4. The Bertz CT molecular complexity index is 437. The number of hydrogen-bond acceptors (Lipinski definition) is 1. The van der Waals surface area contributed by atoms with Gasteiger partial charge in [0.2, 0.25) is 5.91 Å². The summed E-state index contributed by atoms with van der Waals surface area (Å²) in [6.07, 6.45) is -0.871. The molecule has 5 heteroatoms. The standard InChI is InChI=1S/C12H12ClF2NO/c13-7-11(17)16-5-1-2-8-3-4-9(12(14)15)6-10(8)16/h3-4,6,12H,1-2,5,7H2. The van der Waals surface area contributed by atoms with E-state index < -0.39 is 6.43 Å². The van der Waals surface area contributed by atoms with Crippen molar-refractivity contribution < 1.29 is 13.6 Å². The summed E-state index contributed by atoms with van der Waals surface area (Å²) in [5, 5.41) is 0. The van der Waals surface area contributed by atoms with Crippen LogP contribution in [0.3, 0.4) is 0 Å².